The summed E-state index contributed by atoms with van der Waals surface area (Å²) in [5.41, 5.74) is 1.42. The summed E-state index contributed by atoms with van der Waals surface area (Å²) in [5.74, 6) is -0.966. The van der Waals surface area contributed by atoms with Gasteiger partial charge in [0.2, 0.25) is 5.91 Å². The molecule has 0 radical (unpaired) electrons. The van der Waals surface area contributed by atoms with Crippen LogP contribution in [0.5, 0.6) is 5.75 Å². The van der Waals surface area contributed by atoms with Gasteiger partial charge in [-0.1, -0.05) is 30.3 Å². The predicted molar refractivity (Wildman–Crippen MR) is 131 cm³/mol. The summed E-state index contributed by atoms with van der Waals surface area (Å²) < 4.78 is 10.6. The van der Waals surface area contributed by atoms with Gasteiger partial charge in [0, 0.05) is 18.7 Å². The molecule has 1 aromatic heterocycles. The van der Waals surface area contributed by atoms with Crippen LogP contribution in [0.25, 0.3) is 0 Å². The highest BCUT2D eigenvalue weighted by atomic mass is 16.5. The molecule has 0 saturated carbocycles. The topological polar surface area (TPSA) is 100 Å². The molecular weight excluding hydrogens is 448 g/mol. The first-order valence-corrected chi connectivity index (χ1v) is 11.4. The van der Waals surface area contributed by atoms with Gasteiger partial charge in [0.05, 0.1) is 19.4 Å². The number of carboxylic acids is 1. The molecule has 0 aliphatic heterocycles. The number of furan rings is 1. The van der Waals surface area contributed by atoms with Crippen molar-refractivity contribution in [2.24, 2.45) is 0 Å². The first kappa shape index (κ1) is 25.6. The van der Waals surface area contributed by atoms with Gasteiger partial charge in [-0.25, -0.2) is 0 Å². The summed E-state index contributed by atoms with van der Waals surface area (Å²) in [5, 5.41) is 9.11. The minimum Gasteiger partial charge on any atom is -0.497 e. The third-order valence-corrected chi connectivity index (χ3v) is 5.87. The van der Waals surface area contributed by atoms with Crippen molar-refractivity contribution in [3.05, 3.63) is 84.3 Å². The maximum absolute atomic E-state index is 13.9. The lowest BCUT2D eigenvalue weighted by atomic mass is 10.0. The zero-order chi connectivity index (χ0) is 25.4. The van der Waals surface area contributed by atoms with Crippen LogP contribution in [0.1, 0.15) is 48.8 Å². The molecule has 1 heterocycles. The highest BCUT2D eigenvalue weighted by Gasteiger charge is 2.34. The Hall–Kier alpha value is -4.07. The number of rotatable bonds is 11. The third-order valence-electron chi connectivity index (χ3n) is 5.87. The van der Waals surface area contributed by atoms with E-state index >= 15 is 0 Å². The number of benzene rings is 2. The van der Waals surface area contributed by atoms with Crippen LogP contribution in [-0.4, -0.2) is 47.5 Å². The van der Waals surface area contributed by atoms with Crippen molar-refractivity contribution in [1.29, 1.82) is 0 Å². The van der Waals surface area contributed by atoms with Gasteiger partial charge in [-0.05, 0) is 62.2 Å². The predicted octanol–water partition coefficient (Wildman–Crippen LogP) is 4.78. The van der Waals surface area contributed by atoms with Gasteiger partial charge in [-0.15, -0.1) is 0 Å². The van der Waals surface area contributed by atoms with E-state index in [9.17, 15) is 14.4 Å². The van der Waals surface area contributed by atoms with Crippen LogP contribution in [0.4, 0.5) is 5.69 Å². The highest BCUT2D eigenvalue weighted by Crippen LogP contribution is 2.27. The van der Waals surface area contributed by atoms with Crippen molar-refractivity contribution in [1.82, 2.24) is 4.90 Å². The molecule has 2 atom stereocenters. The average molecular weight is 479 g/mol. The largest absolute Gasteiger partial charge is 0.497 e. The van der Waals surface area contributed by atoms with Crippen molar-refractivity contribution < 1.29 is 28.6 Å². The molecule has 2 aromatic carbocycles. The lowest BCUT2D eigenvalue weighted by Gasteiger charge is -2.36. The first-order chi connectivity index (χ1) is 16.8. The fraction of sp³-hybridized carbons (Fsp3) is 0.296. The molecular formula is C27H30N2O6. The first-order valence-electron chi connectivity index (χ1n) is 11.4. The summed E-state index contributed by atoms with van der Waals surface area (Å²) >= 11 is 0. The zero-order valence-electron chi connectivity index (χ0n) is 20.1. The Bertz CT molecular complexity index is 1110. The number of aliphatic carboxylic acids is 1. The zero-order valence-corrected chi connectivity index (χ0v) is 20.1. The van der Waals surface area contributed by atoms with E-state index in [1.807, 2.05) is 37.3 Å². The molecule has 1 N–H and O–H groups in total. The van der Waals surface area contributed by atoms with Crippen LogP contribution in [0, 0.1) is 0 Å². The van der Waals surface area contributed by atoms with E-state index in [1.54, 1.807) is 55.3 Å². The van der Waals surface area contributed by atoms with E-state index in [0.717, 1.165) is 5.56 Å². The fourth-order valence-corrected chi connectivity index (χ4v) is 3.94. The van der Waals surface area contributed by atoms with Crippen LogP contribution in [-0.2, 0) is 9.59 Å². The summed E-state index contributed by atoms with van der Waals surface area (Å²) in [4.78, 5) is 41.4. The van der Waals surface area contributed by atoms with E-state index in [1.165, 1.54) is 11.2 Å². The quantitative estimate of drug-likeness (QED) is 0.426. The number of nitrogens with zero attached hydrogens (tertiary/aromatic N) is 2. The van der Waals surface area contributed by atoms with E-state index in [-0.39, 0.29) is 30.7 Å². The van der Waals surface area contributed by atoms with E-state index in [0.29, 0.717) is 17.9 Å². The van der Waals surface area contributed by atoms with Crippen molar-refractivity contribution in [2.75, 3.05) is 18.6 Å². The number of carbonyl (C=O) groups is 3. The highest BCUT2D eigenvalue weighted by molar-refractivity contribution is 6.08. The summed E-state index contributed by atoms with van der Waals surface area (Å²) in [7, 11) is 1.55. The standard InChI is InChI=1S/C27H30N2O6/c1-19(21-9-5-4-6-10-21)28(17-7-12-25(30)31)26(32)20(2)29(27(33)24-11-8-18-35-24)22-13-15-23(34-3)16-14-22/h4-6,8-11,13-16,18-20H,7,12,17H2,1-3H3,(H,30,31). The number of anilines is 1. The molecule has 2 amide bonds. The van der Waals surface area contributed by atoms with Crippen molar-refractivity contribution in [2.45, 2.75) is 38.8 Å². The minimum atomic E-state index is -0.925. The summed E-state index contributed by atoms with van der Waals surface area (Å²) in [6.07, 6.45) is 1.63. The van der Waals surface area contributed by atoms with Gasteiger partial charge in [0.25, 0.3) is 5.91 Å². The van der Waals surface area contributed by atoms with Gasteiger partial charge in [-0.3, -0.25) is 19.3 Å². The number of carboxylic acid groups (broad SMARTS) is 1. The number of hydrogen-bond donors (Lipinski definition) is 1. The molecule has 0 aliphatic rings. The molecule has 2 unspecified atom stereocenters. The molecule has 0 fully saturated rings. The SMILES string of the molecule is COc1ccc(N(C(=O)c2ccco2)C(C)C(=O)N(CCCC(=O)O)C(C)c2ccccc2)cc1. The third kappa shape index (κ3) is 6.29. The molecule has 3 rings (SSSR count). The molecule has 0 bridgehead atoms. The normalized spacial score (nSPS) is 12.4. The number of methoxy groups -OCH3 is 1. The maximum Gasteiger partial charge on any atom is 0.303 e. The summed E-state index contributed by atoms with van der Waals surface area (Å²) in [6.45, 7) is 3.79. The molecule has 3 aromatic rings. The lowest BCUT2D eigenvalue weighted by molar-refractivity contribution is -0.139. The number of ether oxygens (including phenoxy) is 1. The number of hydrogen-bond acceptors (Lipinski definition) is 5. The average Bonchev–Trinajstić information content (AvgIpc) is 3.42. The van der Waals surface area contributed by atoms with Crippen LogP contribution >= 0.6 is 0 Å². The van der Waals surface area contributed by atoms with Gasteiger partial charge in [0.1, 0.15) is 11.8 Å². The molecule has 0 saturated heterocycles. The van der Waals surface area contributed by atoms with Crippen molar-refractivity contribution >= 4 is 23.5 Å². The van der Waals surface area contributed by atoms with Gasteiger partial charge < -0.3 is 19.2 Å². The van der Waals surface area contributed by atoms with Crippen LogP contribution in [0.2, 0.25) is 0 Å². The van der Waals surface area contributed by atoms with Crippen molar-refractivity contribution in [3.8, 4) is 5.75 Å². The second-order valence-corrected chi connectivity index (χ2v) is 8.14. The van der Waals surface area contributed by atoms with Crippen molar-refractivity contribution in [3.63, 3.8) is 0 Å². The second kappa shape index (κ2) is 11.9. The van der Waals surface area contributed by atoms with Crippen LogP contribution < -0.4 is 9.64 Å². The van der Waals surface area contributed by atoms with Crippen LogP contribution in [0.3, 0.4) is 0 Å². The lowest BCUT2D eigenvalue weighted by Crippen LogP contribution is -2.50. The maximum atomic E-state index is 13.9. The van der Waals surface area contributed by atoms with Crippen LogP contribution in [0.15, 0.2) is 77.4 Å². The van der Waals surface area contributed by atoms with Gasteiger partial charge >= 0.3 is 5.97 Å². The Balaban J connectivity index is 1.96. The Morgan fingerprint density at radius 3 is 2.23 bits per heavy atom. The Morgan fingerprint density at radius 2 is 1.66 bits per heavy atom. The Morgan fingerprint density at radius 1 is 0.971 bits per heavy atom. The Labute approximate surface area is 204 Å². The minimum absolute atomic E-state index is 0.0623. The molecule has 8 nitrogen and oxygen atoms in total. The number of amides is 2. The molecule has 184 valence electrons. The van der Waals surface area contributed by atoms with E-state index in [4.69, 9.17) is 14.3 Å². The van der Waals surface area contributed by atoms with E-state index in [2.05, 4.69) is 0 Å². The Kier molecular flexibility index (Phi) is 8.67. The summed E-state index contributed by atoms with van der Waals surface area (Å²) in [6, 6.07) is 18.3. The molecule has 8 heteroatoms. The fourth-order valence-electron chi connectivity index (χ4n) is 3.94. The van der Waals surface area contributed by atoms with Gasteiger partial charge in [-0.2, -0.15) is 0 Å². The van der Waals surface area contributed by atoms with Gasteiger partial charge in [0.15, 0.2) is 5.76 Å². The molecule has 0 spiro atoms. The monoisotopic (exact) mass is 478 g/mol. The molecule has 35 heavy (non-hydrogen) atoms. The van der Waals surface area contributed by atoms with E-state index < -0.39 is 17.9 Å². The smallest absolute Gasteiger partial charge is 0.303 e. The second-order valence-electron chi connectivity index (χ2n) is 8.14. The molecule has 0 aliphatic carbocycles. The number of carbonyl (C=O) groups excluding carboxylic acids is 2.